The van der Waals surface area contributed by atoms with Crippen LogP contribution in [-0.4, -0.2) is 38.4 Å². The fourth-order valence-corrected chi connectivity index (χ4v) is 3.33. The van der Waals surface area contributed by atoms with E-state index in [1.807, 2.05) is 23.9 Å². The van der Waals surface area contributed by atoms with Crippen LogP contribution in [0.4, 0.5) is 4.39 Å². The van der Waals surface area contributed by atoms with Gasteiger partial charge in [0.05, 0.1) is 25.0 Å². The highest BCUT2D eigenvalue weighted by molar-refractivity contribution is 5.88. The Hall–Kier alpha value is -2.80. The first-order valence-electron chi connectivity index (χ1n) is 8.77. The molecule has 2 aromatic heterocycles. The third-order valence-electron chi connectivity index (χ3n) is 4.61. The lowest BCUT2D eigenvalue weighted by Gasteiger charge is -2.29. The first-order chi connectivity index (χ1) is 12.7. The average Bonchev–Trinajstić information content (AvgIpc) is 3.23. The van der Waals surface area contributed by atoms with E-state index >= 15 is 0 Å². The summed E-state index contributed by atoms with van der Waals surface area (Å²) >= 11 is 0. The predicted octanol–water partition coefficient (Wildman–Crippen LogP) is 3.06. The van der Waals surface area contributed by atoms with E-state index in [-0.39, 0.29) is 11.5 Å². The van der Waals surface area contributed by atoms with Crippen molar-refractivity contribution in [2.24, 2.45) is 4.99 Å². The van der Waals surface area contributed by atoms with Crippen LogP contribution in [0.5, 0.6) is 0 Å². The lowest BCUT2D eigenvalue weighted by Crippen LogP contribution is -2.41. The Morgan fingerprint density at radius 3 is 2.96 bits per heavy atom. The molecule has 6 nitrogen and oxygen atoms in total. The minimum atomic E-state index is -0.365. The van der Waals surface area contributed by atoms with Gasteiger partial charge in [-0.05, 0) is 18.6 Å². The molecule has 2 aliphatic heterocycles. The first-order valence-corrected chi connectivity index (χ1v) is 8.77. The summed E-state index contributed by atoms with van der Waals surface area (Å²) < 4.78 is 16.1. The van der Waals surface area contributed by atoms with E-state index in [1.165, 1.54) is 11.8 Å². The van der Waals surface area contributed by atoms with Gasteiger partial charge in [-0.15, -0.1) is 0 Å². The van der Waals surface area contributed by atoms with Crippen LogP contribution in [0, 0.1) is 5.82 Å². The van der Waals surface area contributed by atoms with Gasteiger partial charge in [0.15, 0.2) is 17.8 Å². The molecular weight excluding hydrogens is 331 g/mol. The van der Waals surface area contributed by atoms with E-state index in [2.05, 4.69) is 37.9 Å². The minimum Gasteiger partial charge on any atom is -0.359 e. The average molecular weight is 352 g/mol. The van der Waals surface area contributed by atoms with Gasteiger partial charge in [-0.2, -0.15) is 4.99 Å². The van der Waals surface area contributed by atoms with Crippen molar-refractivity contribution < 1.29 is 4.39 Å². The lowest BCUT2D eigenvalue weighted by molar-refractivity contribution is 0.324. The Balaban J connectivity index is 1.67. The zero-order valence-corrected chi connectivity index (χ0v) is 14.9. The van der Waals surface area contributed by atoms with E-state index in [0.717, 1.165) is 31.0 Å². The summed E-state index contributed by atoms with van der Waals surface area (Å²) in [4.78, 5) is 17.4. The van der Waals surface area contributed by atoms with Crippen molar-refractivity contribution in [1.29, 1.82) is 0 Å². The standard InChI is InChI=1S/C19H21FN6/c1-3-8-24-11-15-10-23-14(2)26(15)13-16(24)12-25-9-7-22-19(25)18-17(20)5-4-6-21-18/h4-7,9-10,13H,3,8,11-12H2,1-2H3/q+1. The van der Waals surface area contributed by atoms with Gasteiger partial charge < -0.3 is 9.47 Å². The maximum atomic E-state index is 14.2. The van der Waals surface area contributed by atoms with Gasteiger partial charge in [-0.3, -0.25) is 0 Å². The molecule has 133 valence electrons. The van der Waals surface area contributed by atoms with Crippen molar-refractivity contribution in [2.45, 2.75) is 26.8 Å². The van der Waals surface area contributed by atoms with Crippen molar-refractivity contribution in [3.63, 3.8) is 0 Å². The number of amidine groups is 1. The topological polar surface area (TPSA) is 52.2 Å². The van der Waals surface area contributed by atoms with Gasteiger partial charge in [0.2, 0.25) is 5.70 Å². The van der Waals surface area contributed by atoms with Crippen molar-refractivity contribution >= 4 is 5.84 Å². The van der Waals surface area contributed by atoms with Gasteiger partial charge in [0, 0.05) is 32.1 Å². The summed E-state index contributed by atoms with van der Waals surface area (Å²) in [6.07, 6.45) is 10.2. The highest BCUT2D eigenvalue weighted by Gasteiger charge is 2.36. The molecule has 7 heteroatoms. The third kappa shape index (κ3) is 2.94. The summed E-state index contributed by atoms with van der Waals surface area (Å²) in [5.74, 6) is 1.14. The molecule has 0 N–H and O–H groups in total. The highest BCUT2D eigenvalue weighted by Crippen LogP contribution is 2.25. The second kappa shape index (κ2) is 6.84. The van der Waals surface area contributed by atoms with Crippen LogP contribution in [0.15, 0.2) is 59.5 Å². The second-order valence-corrected chi connectivity index (χ2v) is 6.42. The summed E-state index contributed by atoms with van der Waals surface area (Å²) in [5.41, 5.74) is 2.60. The molecule has 4 heterocycles. The normalized spacial score (nSPS) is 17.0. The largest absolute Gasteiger partial charge is 0.359 e. The van der Waals surface area contributed by atoms with Crippen molar-refractivity contribution in [1.82, 2.24) is 24.3 Å². The number of rotatable bonds is 5. The SMILES string of the molecule is CCCN1CC2=CN=C(C)[N+]2C=C1Cn1ccnc1-c1ncccc1F. The molecule has 26 heavy (non-hydrogen) atoms. The molecule has 0 bridgehead atoms. The monoisotopic (exact) mass is 352 g/mol. The number of hydrogen-bond donors (Lipinski definition) is 0. The Morgan fingerprint density at radius 1 is 1.27 bits per heavy atom. The Labute approximate surface area is 152 Å². The van der Waals surface area contributed by atoms with Crippen molar-refractivity contribution in [3.8, 4) is 11.5 Å². The van der Waals surface area contributed by atoms with Crippen LogP contribution in [0.2, 0.25) is 0 Å². The number of pyridine rings is 1. The molecule has 0 amide bonds. The fourth-order valence-electron chi connectivity index (χ4n) is 3.33. The quantitative estimate of drug-likeness (QED) is 0.777. The maximum Gasteiger partial charge on any atom is 0.259 e. The minimum absolute atomic E-state index is 0.274. The first kappa shape index (κ1) is 16.7. The van der Waals surface area contributed by atoms with Gasteiger partial charge >= 0.3 is 0 Å². The van der Waals surface area contributed by atoms with Gasteiger partial charge in [0.1, 0.15) is 5.69 Å². The summed E-state index contributed by atoms with van der Waals surface area (Å²) in [6.45, 7) is 6.54. The molecule has 0 saturated carbocycles. The molecule has 0 fully saturated rings. The summed E-state index contributed by atoms with van der Waals surface area (Å²) in [5, 5.41) is 0. The fraction of sp³-hybridized carbons (Fsp3) is 0.316. The number of nitrogens with zero attached hydrogens (tertiary/aromatic N) is 6. The molecule has 0 aliphatic carbocycles. The molecule has 0 aromatic carbocycles. The number of halogens is 1. The van der Waals surface area contributed by atoms with Crippen LogP contribution < -0.4 is 4.90 Å². The van der Waals surface area contributed by atoms with Crippen molar-refractivity contribution in [2.75, 3.05) is 13.1 Å². The molecular formula is C19H21FN6+. The molecule has 0 atom stereocenters. The molecule has 2 aliphatic rings. The van der Waals surface area contributed by atoms with Crippen LogP contribution in [0.1, 0.15) is 20.3 Å². The second-order valence-electron chi connectivity index (χ2n) is 6.42. The Bertz CT molecular complexity index is 910. The summed E-state index contributed by atoms with van der Waals surface area (Å²) in [7, 11) is 0. The molecule has 2 aromatic rings. The van der Waals surface area contributed by atoms with E-state index in [0.29, 0.717) is 12.4 Å². The van der Waals surface area contributed by atoms with Crippen LogP contribution in [-0.2, 0) is 6.54 Å². The van der Waals surface area contributed by atoms with E-state index in [9.17, 15) is 4.39 Å². The highest BCUT2D eigenvalue weighted by atomic mass is 19.1. The van der Waals surface area contributed by atoms with Gasteiger partial charge in [-0.25, -0.2) is 14.4 Å². The number of fused-ring (bicyclic) bond motifs is 1. The molecule has 4 rings (SSSR count). The van der Waals surface area contributed by atoms with E-state index < -0.39 is 0 Å². The van der Waals surface area contributed by atoms with Gasteiger partial charge in [-0.1, -0.05) is 11.8 Å². The number of hydrogen-bond acceptors (Lipinski definition) is 5. The lowest BCUT2D eigenvalue weighted by atomic mass is 10.2. The Morgan fingerprint density at radius 2 is 2.15 bits per heavy atom. The van der Waals surface area contributed by atoms with Gasteiger partial charge in [0.25, 0.3) is 5.84 Å². The van der Waals surface area contributed by atoms with E-state index in [4.69, 9.17) is 0 Å². The Kier molecular flexibility index (Phi) is 4.38. The maximum absolute atomic E-state index is 14.2. The predicted molar refractivity (Wildman–Crippen MR) is 98.7 cm³/mol. The number of aromatic nitrogens is 3. The molecule has 0 saturated heterocycles. The molecule has 0 spiro atoms. The number of imidazole rings is 1. The zero-order chi connectivity index (χ0) is 18.1. The smallest absolute Gasteiger partial charge is 0.259 e. The summed E-state index contributed by atoms with van der Waals surface area (Å²) in [6, 6.07) is 2.99. The zero-order valence-electron chi connectivity index (χ0n) is 14.9. The number of aliphatic imine (C=N–C) groups is 1. The molecule has 1 radical (unpaired) electrons. The van der Waals surface area contributed by atoms with E-state index in [1.54, 1.807) is 18.5 Å². The number of allylic oxidation sites excluding steroid dienone is 1. The van der Waals surface area contributed by atoms with Crippen LogP contribution in [0.3, 0.4) is 0 Å². The molecule has 0 unspecified atom stereocenters. The van der Waals surface area contributed by atoms with Crippen LogP contribution >= 0.6 is 0 Å². The van der Waals surface area contributed by atoms with Crippen molar-refractivity contribution in [3.05, 3.63) is 60.3 Å². The third-order valence-corrected chi connectivity index (χ3v) is 4.61. The van der Waals surface area contributed by atoms with Crippen LogP contribution in [0.25, 0.3) is 11.5 Å².